The van der Waals surface area contributed by atoms with Gasteiger partial charge in [0.05, 0.1) is 15.7 Å². The van der Waals surface area contributed by atoms with E-state index in [0.717, 1.165) is 22.5 Å². The number of nitrogens with one attached hydrogen (secondary N) is 2. The Labute approximate surface area is 122 Å². The lowest BCUT2D eigenvalue weighted by atomic mass is 10.1. The molecule has 3 rings (SSSR count). The van der Waals surface area contributed by atoms with E-state index in [1.54, 1.807) is 0 Å². The molecule has 0 saturated heterocycles. The Hall–Kier alpha value is -1.88. The Balaban J connectivity index is 1.86. The number of H-pyrrole nitrogens is 1. The summed E-state index contributed by atoms with van der Waals surface area (Å²) in [6.45, 7) is 0.451. The van der Waals surface area contributed by atoms with Crippen LogP contribution in [0.3, 0.4) is 0 Å². The lowest BCUT2D eigenvalue weighted by Crippen LogP contribution is -2.02. The van der Waals surface area contributed by atoms with Crippen LogP contribution in [0.2, 0.25) is 0 Å². The van der Waals surface area contributed by atoms with E-state index in [0.29, 0.717) is 6.54 Å². The Morgan fingerprint density at radius 2 is 1.95 bits per heavy atom. The first-order valence-electron chi connectivity index (χ1n) is 6.08. The zero-order valence-electron chi connectivity index (χ0n) is 10.4. The summed E-state index contributed by atoms with van der Waals surface area (Å²) in [5.41, 5.74) is 2.30. The van der Waals surface area contributed by atoms with Gasteiger partial charge in [0.15, 0.2) is 0 Å². The molecule has 0 aliphatic rings. The van der Waals surface area contributed by atoms with Gasteiger partial charge in [0.25, 0.3) is 0 Å². The van der Waals surface area contributed by atoms with Gasteiger partial charge in [-0.2, -0.15) is 0 Å². The predicted octanol–water partition coefficient (Wildman–Crippen LogP) is 4.82. The molecular formula is C15H11BrF2N2. The van der Waals surface area contributed by atoms with E-state index in [-0.39, 0.29) is 10.2 Å². The van der Waals surface area contributed by atoms with Crippen LogP contribution in [-0.4, -0.2) is 4.98 Å². The molecule has 2 nitrogen and oxygen atoms in total. The van der Waals surface area contributed by atoms with Crippen LogP contribution in [0.5, 0.6) is 0 Å². The normalized spacial score (nSPS) is 10.9. The van der Waals surface area contributed by atoms with E-state index in [1.807, 2.05) is 30.5 Å². The minimum atomic E-state index is -0.612. The zero-order chi connectivity index (χ0) is 14.1. The molecule has 0 spiro atoms. The summed E-state index contributed by atoms with van der Waals surface area (Å²) in [6, 6.07) is 10.2. The van der Waals surface area contributed by atoms with Crippen molar-refractivity contribution < 1.29 is 8.78 Å². The van der Waals surface area contributed by atoms with Gasteiger partial charge in [0.2, 0.25) is 0 Å². The molecular weight excluding hydrogens is 326 g/mol. The van der Waals surface area contributed by atoms with Gasteiger partial charge in [-0.3, -0.25) is 0 Å². The SMILES string of the molecule is Fc1cc(F)c(NCc2cccc3cc[nH]c23)cc1Br. The standard InChI is InChI=1S/C15H11BrF2N2/c16-11-6-14(13(18)7-12(11)17)20-8-10-3-1-2-9-4-5-19-15(9)10/h1-7,19-20H,8H2. The van der Waals surface area contributed by atoms with Crippen LogP contribution in [0.1, 0.15) is 5.56 Å². The highest BCUT2D eigenvalue weighted by molar-refractivity contribution is 9.10. The van der Waals surface area contributed by atoms with E-state index >= 15 is 0 Å². The summed E-state index contributed by atoms with van der Waals surface area (Å²) in [4.78, 5) is 3.16. The van der Waals surface area contributed by atoms with Gasteiger partial charge >= 0.3 is 0 Å². The Morgan fingerprint density at radius 1 is 1.10 bits per heavy atom. The molecule has 0 unspecified atom stereocenters. The average molecular weight is 337 g/mol. The fourth-order valence-corrected chi connectivity index (χ4v) is 2.49. The summed E-state index contributed by atoms with van der Waals surface area (Å²) in [6.07, 6.45) is 1.86. The monoisotopic (exact) mass is 336 g/mol. The molecule has 0 radical (unpaired) electrons. The molecule has 3 aromatic rings. The first kappa shape index (κ1) is 13.1. The largest absolute Gasteiger partial charge is 0.378 e. The van der Waals surface area contributed by atoms with Crippen molar-refractivity contribution in [2.24, 2.45) is 0 Å². The lowest BCUT2D eigenvalue weighted by molar-refractivity contribution is 0.580. The number of anilines is 1. The van der Waals surface area contributed by atoms with E-state index < -0.39 is 11.6 Å². The van der Waals surface area contributed by atoms with Crippen molar-refractivity contribution in [1.82, 2.24) is 4.98 Å². The minimum absolute atomic E-state index is 0.236. The van der Waals surface area contributed by atoms with Gasteiger partial charge in [0.1, 0.15) is 11.6 Å². The van der Waals surface area contributed by atoms with Crippen LogP contribution in [0, 0.1) is 11.6 Å². The van der Waals surface area contributed by atoms with Crippen LogP contribution >= 0.6 is 15.9 Å². The number of hydrogen-bond donors (Lipinski definition) is 2. The van der Waals surface area contributed by atoms with Crippen molar-refractivity contribution in [3.63, 3.8) is 0 Å². The second-order valence-corrected chi connectivity index (χ2v) is 5.31. The average Bonchev–Trinajstić information content (AvgIpc) is 2.90. The van der Waals surface area contributed by atoms with Crippen LogP contribution in [0.15, 0.2) is 47.1 Å². The van der Waals surface area contributed by atoms with Crippen LogP contribution < -0.4 is 5.32 Å². The number of fused-ring (bicyclic) bond motifs is 1. The second kappa shape index (κ2) is 5.25. The van der Waals surface area contributed by atoms with E-state index in [9.17, 15) is 8.78 Å². The molecule has 5 heteroatoms. The molecule has 0 amide bonds. The maximum Gasteiger partial charge on any atom is 0.149 e. The minimum Gasteiger partial charge on any atom is -0.378 e. The maximum atomic E-state index is 13.7. The Kier molecular flexibility index (Phi) is 3.44. The molecule has 1 heterocycles. The van der Waals surface area contributed by atoms with Crippen molar-refractivity contribution in [3.8, 4) is 0 Å². The maximum absolute atomic E-state index is 13.7. The van der Waals surface area contributed by atoms with E-state index in [2.05, 4.69) is 26.2 Å². The summed E-state index contributed by atoms with van der Waals surface area (Å²) < 4.78 is 27.1. The highest BCUT2D eigenvalue weighted by Crippen LogP contribution is 2.25. The lowest BCUT2D eigenvalue weighted by Gasteiger charge is -2.09. The summed E-state index contributed by atoms with van der Waals surface area (Å²) >= 11 is 3.05. The van der Waals surface area contributed by atoms with Crippen LogP contribution in [0.25, 0.3) is 10.9 Å². The van der Waals surface area contributed by atoms with Crippen molar-refractivity contribution in [3.05, 3.63) is 64.3 Å². The Morgan fingerprint density at radius 3 is 2.80 bits per heavy atom. The van der Waals surface area contributed by atoms with E-state index in [1.165, 1.54) is 6.07 Å². The molecule has 0 atom stereocenters. The third kappa shape index (κ3) is 2.41. The van der Waals surface area contributed by atoms with Gasteiger partial charge in [-0.25, -0.2) is 8.78 Å². The number of halogens is 3. The van der Waals surface area contributed by atoms with Crippen molar-refractivity contribution in [1.29, 1.82) is 0 Å². The summed E-state index contributed by atoms with van der Waals surface area (Å²) in [5.74, 6) is -1.22. The quantitative estimate of drug-likeness (QED) is 0.659. The molecule has 0 saturated carbocycles. The van der Waals surface area contributed by atoms with Crippen molar-refractivity contribution in [2.75, 3.05) is 5.32 Å². The molecule has 0 aliphatic heterocycles. The van der Waals surface area contributed by atoms with Gasteiger partial charge in [-0.05, 0) is 39.0 Å². The van der Waals surface area contributed by atoms with Gasteiger partial charge < -0.3 is 10.3 Å². The summed E-state index contributed by atoms with van der Waals surface area (Å²) in [7, 11) is 0. The molecule has 0 aliphatic carbocycles. The molecule has 0 fully saturated rings. The molecule has 0 bridgehead atoms. The molecule has 2 aromatic carbocycles. The molecule has 20 heavy (non-hydrogen) atoms. The van der Waals surface area contributed by atoms with Crippen LogP contribution in [0.4, 0.5) is 14.5 Å². The highest BCUT2D eigenvalue weighted by atomic mass is 79.9. The fraction of sp³-hybridized carbons (Fsp3) is 0.0667. The topological polar surface area (TPSA) is 27.8 Å². The fourth-order valence-electron chi connectivity index (χ4n) is 2.15. The van der Waals surface area contributed by atoms with Gasteiger partial charge in [-0.15, -0.1) is 0 Å². The number of benzene rings is 2. The first-order valence-corrected chi connectivity index (χ1v) is 6.88. The van der Waals surface area contributed by atoms with Crippen molar-refractivity contribution >= 4 is 32.5 Å². The number of rotatable bonds is 3. The molecule has 1 aromatic heterocycles. The van der Waals surface area contributed by atoms with Gasteiger partial charge in [0, 0.05) is 18.8 Å². The zero-order valence-corrected chi connectivity index (χ0v) is 12.0. The Bertz CT molecular complexity index is 768. The third-order valence-electron chi connectivity index (χ3n) is 3.15. The number of para-hydroxylation sites is 1. The smallest absolute Gasteiger partial charge is 0.149 e. The number of aromatic nitrogens is 1. The van der Waals surface area contributed by atoms with Crippen molar-refractivity contribution in [2.45, 2.75) is 6.54 Å². The second-order valence-electron chi connectivity index (χ2n) is 4.46. The molecule has 2 N–H and O–H groups in total. The van der Waals surface area contributed by atoms with Crippen LogP contribution in [-0.2, 0) is 6.54 Å². The predicted molar refractivity (Wildman–Crippen MR) is 79.7 cm³/mol. The van der Waals surface area contributed by atoms with Gasteiger partial charge in [-0.1, -0.05) is 18.2 Å². The number of hydrogen-bond acceptors (Lipinski definition) is 1. The highest BCUT2D eigenvalue weighted by Gasteiger charge is 2.09. The first-order chi connectivity index (χ1) is 9.65. The molecule has 102 valence electrons. The number of aromatic amines is 1. The summed E-state index contributed by atoms with van der Waals surface area (Å²) in [5, 5.41) is 4.09. The third-order valence-corrected chi connectivity index (χ3v) is 3.76. The van der Waals surface area contributed by atoms with E-state index in [4.69, 9.17) is 0 Å².